The maximum absolute atomic E-state index is 13.7. The number of thioether (sulfide) groups is 1. The Bertz CT molecular complexity index is 2310. The van der Waals surface area contributed by atoms with E-state index in [9.17, 15) is 22.8 Å². The van der Waals surface area contributed by atoms with Gasteiger partial charge in [0, 0.05) is 17.2 Å². The molecule has 2 fully saturated rings. The molecule has 2 unspecified atom stereocenters. The minimum absolute atomic E-state index is 0.0977. The summed E-state index contributed by atoms with van der Waals surface area (Å²) < 4.78 is 63.6. The maximum atomic E-state index is 13.7. The van der Waals surface area contributed by atoms with Crippen molar-refractivity contribution in [3.05, 3.63) is 59.0 Å². The Balaban J connectivity index is 1.25. The van der Waals surface area contributed by atoms with Gasteiger partial charge >= 0.3 is 16.3 Å². The zero-order chi connectivity index (χ0) is 45.6. The average molecular weight is 951 g/mol. The first-order chi connectivity index (χ1) is 28.9. The van der Waals surface area contributed by atoms with Gasteiger partial charge in [0.05, 0.1) is 19.4 Å². The van der Waals surface area contributed by atoms with Gasteiger partial charge in [-0.1, -0.05) is 60.3 Å². The Morgan fingerprint density at radius 3 is 2.37 bits per heavy atom. The van der Waals surface area contributed by atoms with Crippen LogP contribution in [0.15, 0.2) is 54.1 Å². The van der Waals surface area contributed by atoms with Crippen LogP contribution in [-0.2, 0) is 53.6 Å². The Hall–Kier alpha value is -3.53. The summed E-state index contributed by atoms with van der Waals surface area (Å²) in [5.41, 5.74) is 7.14. The Kier molecular flexibility index (Phi) is 14.0. The van der Waals surface area contributed by atoms with Crippen LogP contribution in [0.4, 0.5) is 5.82 Å². The molecule has 3 aliphatic heterocycles. The highest BCUT2D eigenvalue weighted by atomic mass is 32.2. The summed E-state index contributed by atoms with van der Waals surface area (Å²) in [5, 5.41) is 3.59. The van der Waals surface area contributed by atoms with E-state index in [-0.39, 0.29) is 58.4 Å². The number of carbonyl (C=O) groups is 3. The average Bonchev–Trinajstić information content (AvgIpc) is 3.93. The number of fused-ring (bicyclic) bond motifs is 2. The molecular weight excluding hydrogens is 893 g/mol. The van der Waals surface area contributed by atoms with Crippen LogP contribution < -0.4 is 15.8 Å². The lowest BCUT2D eigenvalue weighted by atomic mass is 10.0. The molecular formula is C39H58N8O10S3Si2. The highest BCUT2D eigenvalue weighted by Gasteiger charge is 2.56. The third-order valence-electron chi connectivity index (χ3n) is 12.1. The number of rotatable bonds is 17. The molecule has 0 aromatic carbocycles. The van der Waals surface area contributed by atoms with E-state index >= 15 is 0 Å². The lowest BCUT2D eigenvalue weighted by Gasteiger charge is -2.49. The molecule has 18 nitrogen and oxygen atoms in total. The number of imidazole rings is 1. The standard InChI is InChI=1S/C39H58N8O10S3Si2/c1-12-15-53-37(50)29-23(20-59-36-28(34(49)47(29)36)45-26(48)17-24-14-13-16-58-24)18-44-60(51,52)54-19-25-30(56-61(8,9)38(2,3)4)31(57-62(10,11)39(5,6)7)35(55-25)46-22-43-27-32(40)41-21-42-33(27)46/h12-14,16,21-22,25,28,30-31,35-36,44H,1,15,17-20H2,2-11H3,(H,45,48)(H2,40,41,42)/t25-,28-,30?,31?,35-,36-/m1/s1. The molecule has 4 N–H and O–H groups in total. The summed E-state index contributed by atoms with van der Waals surface area (Å²) in [4.78, 5) is 54.8. The second kappa shape index (κ2) is 18.2. The van der Waals surface area contributed by atoms with E-state index in [1.807, 2.05) is 17.5 Å². The highest BCUT2D eigenvalue weighted by molar-refractivity contribution is 8.00. The van der Waals surface area contributed by atoms with Gasteiger partial charge in [0.2, 0.25) is 5.91 Å². The summed E-state index contributed by atoms with van der Waals surface area (Å²) in [6.45, 7) is 23.8. The molecule has 0 aliphatic carbocycles. The fourth-order valence-electron chi connectivity index (χ4n) is 6.60. The van der Waals surface area contributed by atoms with E-state index in [1.54, 1.807) is 10.9 Å². The quantitative estimate of drug-likeness (QED) is 0.0726. The SMILES string of the molecule is C=CCOC(=O)C1=C(CNS(=O)(=O)OC[C@H]2O[C@@H](n3cnc4c(N)ncnc43)C(O[Si](C)(C)C(C)(C)C)C2O[Si](C)(C)C(C)(C)C)CS[C@@H]2[C@H](NC(=O)Cc3cccs3)C(=O)N12. The first-order valence-electron chi connectivity index (χ1n) is 20.2. The van der Waals surface area contributed by atoms with E-state index in [0.717, 1.165) is 4.88 Å². The number of nitrogens with zero attached hydrogens (tertiary/aromatic N) is 5. The Morgan fingerprint density at radius 1 is 1.06 bits per heavy atom. The van der Waals surface area contributed by atoms with Crippen LogP contribution in [0.3, 0.4) is 0 Å². The summed E-state index contributed by atoms with van der Waals surface area (Å²) in [5.74, 6) is -1.33. The van der Waals surface area contributed by atoms with Gasteiger partial charge in [-0.3, -0.25) is 23.2 Å². The molecule has 0 radical (unpaired) electrons. The number of hydrogen-bond acceptors (Lipinski definition) is 16. The van der Waals surface area contributed by atoms with Crippen LogP contribution in [0.5, 0.6) is 0 Å². The van der Waals surface area contributed by atoms with Crippen molar-refractivity contribution < 1.29 is 45.3 Å². The number of β-lactam (4-membered cyclic amide) rings is 1. The van der Waals surface area contributed by atoms with Crippen molar-refractivity contribution in [1.29, 1.82) is 0 Å². The van der Waals surface area contributed by atoms with Crippen LogP contribution >= 0.6 is 23.1 Å². The highest BCUT2D eigenvalue weighted by Crippen LogP contribution is 2.46. The van der Waals surface area contributed by atoms with Crippen molar-refractivity contribution in [2.45, 2.75) is 120 Å². The van der Waals surface area contributed by atoms with Crippen LogP contribution in [0.25, 0.3) is 11.2 Å². The van der Waals surface area contributed by atoms with Gasteiger partial charge in [0.25, 0.3) is 5.91 Å². The van der Waals surface area contributed by atoms with Gasteiger partial charge in [0.15, 0.2) is 34.3 Å². The normalized spacial score (nSPS) is 23.6. The molecule has 0 saturated carbocycles. The molecule has 3 aromatic rings. The zero-order valence-corrected chi connectivity index (χ0v) is 41.2. The molecule has 6 heterocycles. The minimum Gasteiger partial charge on any atom is -0.457 e. The van der Waals surface area contributed by atoms with Gasteiger partial charge in [-0.05, 0) is 53.3 Å². The molecule has 62 heavy (non-hydrogen) atoms. The van der Waals surface area contributed by atoms with Gasteiger partial charge in [-0.2, -0.15) is 13.1 Å². The molecule has 23 heteroatoms. The number of nitrogens with one attached hydrogen (secondary N) is 2. The largest absolute Gasteiger partial charge is 0.457 e. The van der Waals surface area contributed by atoms with E-state index < -0.39 is 81.4 Å². The number of esters is 1. The summed E-state index contributed by atoms with van der Waals surface area (Å²) in [6, 6.07) is 2.80. The lowest BCUT2D eigenvalue weighted by Crippen LogP contribution is -2.70. The summed E-state index contributed by atoms with van der Waals surface area (Å²) in [6.07, 6.45) is 1.01. The van der Waals surface area contributed by atoms with Crippen LogP contribution in [0.2, 0.25) is 36.3 Å². The molecule has 0 spiro atoms. The molecule has 3 aromatic heterocycles. The van der Waals surface area contributed by atoms with Crippen LogP contribution in [0, 0.1) is 0 Å². The predicted octanol–water partition coefficient (Wildman–Crippen LogP) is 4.63. The zero-order valence-electron chi connectivity index (χ0n) is 36.8. The second-order valence-electron chi connectivity index (χ2n) is 18.4. The Morgan fingerprint density at radius 2 is 1.74 bits per heavy atom. The van der Waals surface area contributed by atoms with Crippen molar-refractivity contribution in [3.63, 3.8) is 0 Å². The second-order valence-corrected chi connectivity index (χ2v) is 31.5. The maximum Gasteiger partial charge on any atom is 0.355 e. The first kappa shape index (κ1) is 47.9. The molecule has 6 atom stereocenters. The molecule has 2 amide bonds. The number of anilines is 1. The monoisotopic (exact) mass is 950 g/mol. The van der Waals surface area contributed by atoms with E-state index in [1.165, 1.54) is 40.4 Å². The number of thiophene rings is 1. The van der Waals surface area contributed by atoms with Crippen LogP contribution in [0.1, 0.15) is 52.6 Å². The number of ether oxygens (including phenoxy) is 2. The molecule has 2 saturated heterocycles. The van der Waals surface area contributed by atoms with Crippen molar-refractivity contribution in [3.8, 4) is 0 Å². The van der Waals surface area contributed by atoms with Crippen molar-refractivity contribution in [2.24, 2.45) is 0 Å². The predicted molar refractivity (Wildman–Crippen MR) is 242 cm³/mol. The van der Waals surface area contributed by atoms with Crippen molar-refractivity contribution in [2.75, 3.05) is 31.2 Å². The number of amides is 2. The number of aromatic nitrogens is 4. The minimum atomic E-state index is -4.53. The van der Waals surface area contributed by atoms with Crippen molar-refractivity contribution >= 4 is 84.8 Å². The van der Waals surface area contributed by atoms with Gasteiger partial charge in [-0.25, -0.2) is 19.7 Å². The smallest absolute Gasteiger partial charge is 0.355 e. The van der Waals surface area contributed by atoms with Gasteiger partial charge in [0.1, 0.15) is 53.9 Å². The first-order valence-corrected chi connectivity index (χ1v) is 29.4. The van der Waals surface area contributed by atoms with E-state index in [0.29, 0.717) is 11.2 Å². The fourth-order valence-corrected chi connectivity index (χ4v) is 12.0. The van der Waals surface area contributed by atoms with Gasteiger partial charge < -0.3 is 29.4 Å². The Labute approximate surface area is 373 Å². The third-order valence-corrected chi connectivity index (χ3v) is 24.2. The number of nitrogen functional groups attached to an aromatic ring is 1. The van der Waals surface area contributed by atoms with E-state index in [2.05, 4.69) is 99.3 Å². The summed E-state index contributed by atoms with van der Waals surface area (Å²) >= 11 is 2.72. The molecule has 340 valence electrons. The molecule has 3 aliphatic rings. The third kappa shape index (κ3) is 10.1. The van der Waals surface area contributed by atoms with Gasteiger partial charge in [-0.15, -0.1) is 23.1 Å². The van der Waals surface area contributed by atoms with Crippen molar-refractivity contribution in [1.82, 2.24) is 34.5 Å². The van der Waals surface area contributed by atoms with Crippen LogP contribution in [-0.4, -0.2) is 122 Å². The lowest BCUT2D eigenvalue weighted by molar-refractivity contribution is -0.152. The molecule has 0 bridgehead atoms. The number of carbonyl (C=O) groups excluding carboxylic acids is 3. The van der Waals surface area contributed by atoms with E-state index in [4.69, 9.17) is 28.2 Å². The topological polar surface area (TPSA) is 228 Å². The summed E-state index contributed by atoms with van der Waals surface area (Å²) in [7, 11) is -9.67. The molecule has 6 rings (SSSR count). The fraction of sp³-hybridized carbons (Fsp3) is 0.590. The number of nitrogens with two attached hydrogens (primary N) is 1. The number of hydrogen-bond donors (Lipinski definition) is 3.